The second kappa shape index (κ2) is 8.14. The van der Waals surface area contributed by atoms with Crippen molar-refractivity contribution in [1.29, 1.82) is 0 Å². The molecule has 1 aliphatic heterocycles. The quantitative estimate of drug-likeness (QED) is 0.822. The van der Waals surface area contributed by atoms with Crippen molar-refractivity contribution >= 4 is 0 Å². The Morgan fingerprint density at radius 1 is 1.30 bits per heavy atom. The highest BCUT2D eigenvalue weighted by atomic mass is 19.4. The summed E-state index contributed by atoms with van der Waals surface area (Å²) in [5, 5.41) is 9.94. The smallest absolute Gasteiger partial charge is 0.403 e. The first-order valence-electron chi connectivity index (χ1n) is 7.67. The Morgan fingerprint density at radius 2 is 2.00 bits per heavy atom. The minimum Gasteiger partial charge on any atom is -0.467 e. The first kappa shape index (κ1) is 18.3. The van der Waals surface area contributed by atoms with E-state index >= 15 is 0 Å². The maximum Gasteiger partial charge on any atom is 0.403 e. The monoisotopic (exact) mass is 336 g/mol. The molecule has 0 radical (unpaired) electrons. The van der Waals surface area contributed by atoms with Gasteiger partial charge in [0.2, 0.25) is 0 Å². The molecule has 2 rings (SSSR count). The van der Waals surface area contributed by atoms with Gasteiger partial charge in [-0.2, -0.15) is 13.2 Å². The number of aliphatic hydroxyl groups excluding tert-OH is 1. The number of ether oxygens (including phenoxy) is 1. The van der Waals surface area contributed by atoms with Crippen molar-refractivity contribution in [3.63, 3.8) is 0 Å². The molecule has 23 heavy (non-hydrogen) atoms. The summed E-state index contributed by atoms with van der Waals surface area (Å²) < 4.78 is 48.5. The van der Waals surface area contributed by atoms with Gasteiger partial charge in [0, 0.05) is 32.7 Å². The summed E-state index contributed by atoms with van der Waals surface area (Å²) in [6.45, 7) is 3.76. The predicted octanol–water partition coefficient (Wildman–Crippen LogP) is 1.73. The number of halogens is 3. The molecule has 8 heteroatoms. The molecule has 1 saturated heterocycles. The number of aliphatic hydroxyl groups is 1. The van der Waals surface area contributed by atoms with E-state index in [2.05, 4.69) is 0 Å². The van der Waals surface area contributed by atoms with Gasteiger partial charge >= 0.3 is 6.18 Å². The summed E-state index contributed by atoms with van der Waals surface area (Å²) in [6, 6.07) is 2.12. The van der Waals surface area contributed by atoms with Crippen LogP contribution < -0.4 is 0 Å². The maximum atomic E-state index is 12.7. The van der Waals surface area contributed by atoms with E-state index in [0.29, 0.717) is 45.1 Å². The molecule has 0 amide bonds. The van der Waals surface area contributed by atoms with Crippen LogP contribution >= 0.6 is 0 Å². The molecule has 1 N–H and O–H groups in total. The highest BCUT2D eigenvalue weighted by molar-refractivity contribution is 4.96. The highest BCUT2D eigenvalue weighted by Crippen LogP contribution is 2.25. The first-order valence-corrected chi connectivity index (χ1v) is 7.67. The van der Waals surface area contributed by atoms with E-state index < -0.39 is 18.3 Å². The topological polar surface area (TPSA) is 49.1 Å². The van der Waals surface area contributed by atoms with Gasteiger partial charge in [0.15, 0.2) is 0 Å². The minimum absolute atomic E-state index is 0.167. The van der Waals surface area contributed by atoms with Crippen molar-refractivity contribution in [2.45, 2.75) is 31.9 Å². The number of furan rings is 1. The fourth-order valence-corrected chi connectivity index (χ4v) is 2.58. The van der Waals surface area contributed by atoms with E-state index in [-0.39, 0.29) is 6.61 Å². The Kier molecular flexibility index (Phi) is 6.46. The van der Waals surface area contributed by atoms with Crippen LogP contribution in [0.15, 0.2) is 22.8 Å². The van der Waals surface area contributed by atoms with Gasteiger partial charge in [-0.25, -0.2) is 0 Å². The van der Waals surface area contributed by atoms with Crippen LogP contribution in [0.4, 0.5) is 13.2 Å². The molecule has 2 atom stereocenters. The Bertz CT molecular complexity index is 445. The summed E-state index contributed by atoms with van der Waals surface area (Å²) in [7, 11) is 0. The van der Waals surface area contributed by atoms with Crippen LogP contribution in [-0.4, -0.2) is 72.6 Å². The van der Waals surface area contributed by atoms with Gasteiger partial charge < -0.3 is 14.3 Å². The molecule has 0 saturated carbocycles. The van der Waals surface area contributed by atoms with Gasteiger partial charge in [0.25, 0.3) is 0 Å². The average molecular weight is 336 g/mol. The molecule has 0 aromatic carbocycles. The lowest BCUT2D eigenvalue weighted by molar-refractivity contribution is -0.182. The van der Waals surface area contributed by atoms with Crippen molar-refractivity contribution in [2.24, 2.45) is 0 Å². The largest absolute Gasteiger partial charge is 0.467 e. The highest BCUT2D eigenvalue weighted by Gasteiger charge is 2.40. The van der Waals surface area contributed by atoms with Crippen molar-refractivity contribution in [3.05, 3.63) is 24.2 Å². The molecule has 2 unspecified atom stereocenters. The Labute approximate surface area is 133 Å². The lowest BCUT2D eigenvalue weighted by Crippen LogP contribution is -2.54. The van der Waals surface area contributed by atoms with E-state index in [4.69, 9.17) is 9.15 Å². The summed E-state index contributed by atoms with van der Waals surface area (Å²) >= 11 is 0. The number of hydrogen-bond donors (Lipinski definition) is 1. The van der Waals surface area contributed by atoms with E-state index in [9.17, 15) is 18.3 Å². The fraction of sp³-hybridized carbons (Fsp3) is 0.733. The SMILES string of the molecule is CC(N1CCN(CC(O)COCc2ccco2)CC1)C(F)(F)F. The third-order valence-electron chi connectivity index (χ3n) is 4.03. The zero-order valence-corrected chi connectivity index (χ0v) is 13.1. The van der Waals surface area contributed by atoms with Gasteiger partial charge in [0.05, 0.1) is 19.0 Å². The normalized spacial score (nSPS) is 20.6. The molecule has 0 bridgehead atoms. The fourth-order valence-electron chi connectivity index (χ4n) is 2.58. The summed E-state index contributed by atoms with van der Waals surface area (Å²) in [5.74, 6) is 0.687. The van der Waals surface area contributed by atoms with Gasteiger partial charge in [-0.15, -0.1) is 0 Å². The maximum absolute atomic E-state index is 12.7. The predicted molar refractivity (Wildman–Crippen MR) is 77.9 cm³/mol. The Hall–Kier alpha value is -1.09. The van der Waals surface area contributed by atoms with Crippen LogP contribution in [0.25, 0.3) is 0 Å². The van der Waals surface area contributed by atoms with Gasteiger partial charge in [0.1, 0.15) is 18.4 Å². The van der Waals surface area contributed by atoms with E-state index in [1.165, 1.54) is 11.8 Å². The number of rotatable bonds is 7. The second-order valence-electron chi connectivity index (χ2n) is 5.80. The number of nitrogens with zero attached hydrogens (tertiary/aromatic N) is 2. The Morgan fingerprint density at radius 3 is 2.57 bits per heavy atom. The third-order valence-corrected chi connectivity index (χ3v) is 4.03. The molecule has 1 fully saturated rings. The molecule has 5 nitrogen and oxygen atoms in total. The van der Waals surface area contributed by atoms with E-state index in [1.54, 1.807) is 18.4 Å². The summed E-state index contributed by atoms with van der Waals surface area (Å²) in [5.41, 5.74) is 0. The molecule has 1 aromatic heterocycles. The summed E-state index contributed by atoms with van der Waals surface area (Å²) in [4.78, 5) is 3.39. The van der Waals surface area contributed by atoms with Crippen LogP contribution in [0.2, 0.25) is 0 Å². The average Bonchev–Trinajstić information content (AvgIpc) is 2.99. The van der Waals surface area contributed by atoms with E-state index in [1.807, 2.05) is 4.90 Å². The van der Waals surface area contributed by atoms with E-state index in [0.717, 1.165) is 0 Å². The number of piperazine rings is 1. The minimum atomic E-state index is -4.19. The van der Waals surface area contributed by atoms with Crippen LogP contribution in [0.1, 0.15) is 12.7 Å². The van der Waals surface area contributed by atoms with Gasteiger partial charge in [-0.1, -0.05) is 0 Å². The first-order chi connectivity index (χ1) is 10.9. The molecule has 2 heterocycles. The van der Waals surface area contributed by atoms with Gasteiger partial charge in [-0.3, -0.25) is 9.80 Å². The molecule has 0 spiro atoms. The molecular formula is C15H23F3N2O3. The zero-order valence-electron chi connectivity index (χ0n) is 13.1. The van der Waals surface area contributed by atoms with Crippen molar-refractivity contribution < 1.29 is 27.4 Å². The molecule has 1 aliphatic rings. The number of alkyl halides is 3. The van der Waals surface area contributed by atoms with Gasteiger partial charge in [-0.05, 0) is 19.1 Å². The van der Waals surface area contributed by atoms with Crippen LogP contribution in [0, 0.1) is 0 Å². The second-order valence-corrected chi connectivity index (χ2v) is 5.80. The zero-order chi connectivity index (χ0) is 16.9. The van der Waals surface area contributed by atoms with Crippen molar-refractivity contribution in [3.8, 4) is 0 Å². The lowest BCUT2D eigenvalue weighted by atomic mass is 10.2. The molecular weight excluding hydrogens is 313 g/mol. The number of hydrogen-bond acceptors (Lipinski definition) is 5. The molecule has 132 valence electrons. The van der Waals surface area contributed by atoms with Crippen molar-refractivity contribution in [2.75, 3.05) is 39.3 Å². The molecule has 1 aromatic rings. The number of β-amino-alcohol motifs (C(OH)–C–C–N with tert-alkyl or cyclic N) is 1. The van der Waals surface area contributed by atoms with Crippen LogP contribution in [0.3, 0.4) is 0 Å². The lowest BCUT2D eigenvalue weighted by Gasteiger charge is -2.39. The van der Waals surface area contributed by atoms with Crippen LogP contribution in [0.5, 0.6) is 0 Å². The molecule has 0 aliphatic carbocycles. The standard InChI is InChI=1S/C15H23F3N2O3/c1-12(15(16,17)18)20-6-4-19(5-7-20)9-13(21)10-22-11-14-3-2-8-23-14/h2-3,8,12-13,21H,4-7,9-11H2,1H3. The van der Waals surface area contributed by atoms with Crippen LogP contribution in [-0.2, 0) is 11.3 Å². The van der Waals surface area contributed by atoms with Crippen molar-refractivity contribution in [1.82, 2.24) is 9.80 Å². The third kappa shape index (κ3) is 5.80. The Balaban J connectivity index is 1.63. The summed E-state index contributed by atoms with van der Waals surface area (Å²) in [6.07, 6.45) is -3.31.